The summed E-state index contributed by atoms with van der Waals surface area (Å²) in [5.74, 6) is -1.54. The zero-order valence-electron chi connectivity index (χ0n) is 9.19. The minimum Gasteiger partial charge on any atom is -0.479 e. The lowest BCUT2D eigenvalue weighted by atomic mass is 10.3. The molecule has 16 heavy (non-hydrogen) atoms. The molecule has 1 unspecified atom stereocenters. The van der Waals surface area contributed by atoms with Crippen molar-refractivity contribution in [2.75, 3.05) is 26.2 Å². The van der Waals surface area contributed by atoms with Crippen LogP contribution < -0.4 is 5.32 Å². The van der Waals surface area contributed by atoms with E-state index in [-0.39, 0.29) is 12.5 Å². The molecule has 0 bridgehead atoms. The Bertz CT molecular complexity index is 251. The summed E-state index contributed by atoms with van der Waals surface area (Å²) in [6.45, 7) is 2.54. The third-order valence-corrected chi connectivity index (χ3v) is 2.63. The summed E-state index contributed by atoms with van der Waals surface area (Å²) >= 11 is 0. The maximum Gasteiger partial charge on any atom is 0.334 e. The van der Waals surface area contributed by atoms with Gasteiger partial charge in [-0.25, -0.2) is 4.79 Å². The van der Waals surface area contributed by atoms with Gasteiger partial charge in [0.05, 0.1) is 6.54 Å². The van der Waals surface area contributed by atoms with E-state index in [0.717, 1.165) is 13.1 Å². The van der Waals surface area contributed by atoms with Crippen molar-refractivity contribution in [1.82, 2.24) is 10.2 Å². The third kappa shape index (κ3) is 4.59. The molecule has 6 heteroatoms. The Labute approximate surface area is 94.2 Å². The van der Waals surface area contributed by atoms with Crippen LogP contribution in [-0.4, -0.2) is 59.3 Å². The van der Waals surface area contributed by atoms with Crippen LogP contribution in [0.15, 0.2) is 0 Å². The number of hydrogen-bond donors (Lipinski definition) is 3. The van der Waals surface area contributed by atoms with E-state index in [2.05, 4.69) is 10.2 Å². The second kappa shape index (κ2) is 6.44. The fourth-order valence-electron chi connectivity index (χ4n) is 1.65. The number of carboxylic acids is 1. The monoisotopic (exact) mass is 230 g/mol. The molecule has 3 N–H and O–H groups in total. The summed E-state index contributed by atoms with van der Waals surface area (Å²) in [7, 11) is 0. The lowest BCUT2D eigenvalue weighted by Crippen LogP contribution is -2.37. The second-order valence-corrected chi connectivity index (χ2v) is 3.96. The van der Waals surface area contributed by atoms with Crippen LogP contribution in [0.5, 0.6) is 0 Å². The van der Waals surface area contributed by atoms with Crippen molar-refractivity contribution in [1.29, 1.82) is 0 Å². The van der Waals surface area contributed by atoms with Crippen LogP contribution >= 0.6 is 0 Å². The van der Waals surface area contributed by atoms with Gasteiger partial charge in [-0.2, -0.15) is 0 Å². The fourth-order valence-corrected chi connectivity index (χ4v) is 1.65. The van der Waals surface area contributed by atoms with E-state index >= 15 is 0 Å². The van der Waals surface area contributed by atoms with Gasteiger partial charge in [0.25, 0.3) is 0 Å². The average Bonchev–Trinajstić information content (AvgIpc) is 2.75. The number of aliphatic hydroxyl groups excluding tert-OH is 1. The van der Waals surface area contributed by atoms with Gasteiger partial charge >= 0.3 is 5.97 Å². The van der Waals surface area contributed by atoms with Gasteiger partial charge in [-0.15, -0.1) is 0 Å². The smallest absolute Gasteiger partial charge is 0.334 e. The molecule has 1 aliphatic rings. The number of aliphatic hydroxyl groups is 1. The zero-order valence-corrected chi connectivity index (χ0v) is 9.19. The Morgan fingerprint density at radius 3 is 2.50 bits per heavy atom. The van der Waals surface area contributed by atoms with E-state index in [0.29, 0.717) is 13.0 Å². The van der Waals surface area contributed by atoms with Gasteiger partial charge in [-0.05, 0) is 25.9 Å². The molecular weight excluding hydrogens is 212 g/mol. The van der Waals surface area contributed by atoms with Crippen LogP contribution in [-0.2, 0) is 9.59 Å². The number of carbonyl (C=O) groups is 2. The molecule has 0 aromatic carbocycles. The van der Waals surface area contributed by atoms with E-state index in [1.807, 2.05) is 0 Å². The van der Waals surface area contributed by atoms with Gasteiger partial charge in [0, 0.05) is 13.0 Å². The van der Waals surface area contributed by atoms with Crippen LogP contribution in [0.4, 0.5) is 0 Å². The fraction of sp³-hybridized carbons (Fsp3) is 0.800. The van der Waals surface area contributed by atoms with Crippen molar-refractivity contribution in [3.8, 4) is 0 Å². The molecule has 92 valence electrons. The van der Waals surface area contributed by atoms with Gasteiger partial charge in [0.2, 0.25) is 5.91 Å². The molecule has 1 atom stereocenters. The predicted octanol–water partition coefficient (Wildman–Crippen LogP) is -0.966. The maximum absolute atomic E-state index is 11.3. The second-order valence-electron chi connectivity index (χ2n) is 3.96. The number of carboxylic acid groups (broad SMARTS) is 1. The van der Waals surface area contributed by atoms with E-state index in [4.69, 9.17) is 10.2 Å². The summed E-state index contributed by atoms with van der Waals surface area (Å²) in [5.41, 5.74) is 0. The van der Waals surface area contributed by atoms with Crippen LogP contribution in [0, 0.1) is 0 Å². The standard InChI is InChI=1S/C10H18N2O4/c13-8(10(15)16)7-11-9(14)3-6-12-4-1-2-5-12/h8,13H,1-7H2,(H,11,14)(H,15,16). The largest absolute Gasteiger partial charge is 0.479 e. The Morgan fingerprint density at radius 1 is 1.31 bits per heavy atom. The first-order valence-corrected chi connectivity index (χ1v) is 5.49. The highest BCUT2D eigenvalue weighted by atomic mass is 16.4. The number of nitrogens with one attached hydrogen (secondary N) is 1. The van der Waals surface area contributed by atoms with E-state index in [1.165, 1.54) is 12.8 Å². The number of hydrogen-bond acceptors (Lipinski definition) is 4. The molecule has 0 aromatic heterocycles. The number of nitrogens with zero attached hydrogens (tertiary/aromatic N) is 1. The molecule has 0 spiro atoms. The summed E-state index contributed by atoms with van der Waals surface area (Å²) < 4.78 is 0. The molecular formula is C10H18N2O4. The summed E-state index contributed by atoms with van der Waals surface area (Å²) in [4.78, 5) is 23.8. The van der Waals surface area contributed by atoms with Gasteiger partial charge in [0.15, 0.2) is 6.10 Å². The van der Waals surface area contributed by atoms with Crippen molar-refractivity contribution in [2.24, 2.45) is 0 Å². The van der Waals surface area contributed by atoms with Gasteiger partial charge in [-0.1, -0.05) is 0 Å². The third-order valence-electron chi connectivity index (χ3n) is 2.63. The number of likely N-dealkylation sites (tertiary alicyclic amines) is 1. The van der Waals surface area contributed by atoms with Crippen LogP contribution in [0.25, 0.3) is 0 Å². The Balaban J connectivity index is 2.08. The Morgan fingerprint density at radius 2 is 1.94 bits per heavy atom. The maximum atomic E-state index is 11.3. The molecule has 6 nitrogen and oxygen atoms in total. The van der Waals surface area contributed by atoms with E-state index < -0.39 is 12.1 Å². The number of aliphatic carboxylic acids is 1. The highest BCUT2D eigenvalue weighted by molar-refractivity contribution is 5.78. The predicted molar refractivity (Wildman–Crippen MR) is 56.9 cm³/mol. The van der Waals surface area contributed by atoms with Crippen LogP contribution in [0.3, 0.4) is 0 Å². The molecule has 1 fully saturated rings. The number of amides is 1. The first kappa shape index (κ1) is 12.9. The van der Waals surface area contributed by atoms with Crippen molar-refractivity contribution in [3.63, 3.8) is 0 Å². The van der Waals surface area contributed by atoms with Crippen LogP contribution in [0.2, 0.25) is 0 Å². The minimum absolute atomic E-state index is 0.216. The minimum atomic E-state index is -1.52. The van der Waals surface area contributed by atoms with Crippen molar-refractivity contribution in [2.45, 2.75) is 25.4 Å². The highest BCUT2D eigenvalue weighted by Crippen LogP contribution is 2.07. The lowest BCUT2D eigenvalue weighted by molar-refractivity contribution is -0.146. The molecule has 0 aromatic rings. The van der Waals surface area contributed by atoms with Crippen molar-refractivity contribution in [3.05, 3.63) is 0 Å². The van der Waals surface area contributed by atoms with Gasteiger partial charge in [-0.3, -0.25) is 4.79 Å². The summed E-state index contributed by atoms with van der Waals surface area (Å²) in [6.07, 6.45) is 1.20. The summed E-state index contributed by atoms with van der Waals surface area (Å²) in [6, 6.07) is 0. The molecule has 0 aliphatic carbocycles. The van der Waals surface area contributed by atoms with E-state index in [1.54, 1.807) is 0 Å². The molecule has 1 saturated heterocycles. The molecule has 1 rings (SSSR count). The Hall–Kier alpha value is -1.14. The molecule has 0 radical (unpaired) electrons. The Kier molecular flexibility index (Phi) is 5.21. The molecule has 1 aliphatic heterocycles. The van der Waals surface area contributed by atoms with Crippen molar-refractivity contribution < 1.29 is 19.8 Å². The van der Waals surface area contributed by atoms with Crippen molar-refractivity contribution >= 4 is 11.9 Å². The zero-order chi connectivity index (χ0) is 12.0. The molecule has 0 saturated carbocycles. The average molecular weight is 230 g/mol. The van der Waals surface area contributed by atoms with Gasteiger partial charge in [0.1, 0.15) is 0 Å². The quantitative estimate of drug-likeness (QED) is 0.546. The normalized spacial score (nSPS) is 18.3. The molecule has 1 heterocycles. The number of rotatable bonds is 6. The van der Waals surface area contributed by atoms with E-state index in [9.17, 15) is 9.59 Å². The first-order chi connectivity index (χ1) is 7.59. The lowest BCUT2D eigenvalue weighted by Gasteiger charge is -2.14. The highest BCUT2D eigenvalue weighted by Gasteiger charge is 2.15. The number of carbonyl (C=O) groups excluding carboxylic acids is 1. The SMILES string of the molecule is O=C(CCN1CCCC1)NCC(O)C(=O)O. The molecule has 1 amide bonds. The summed E-state index contributed by atoms with van der Waals surface area (Å²) in [5, 5.41) is 19.7. The first-order valence-electron chi connectivity index (χ1n) is 5.49. The topological polar surface area (TPSA) is 89.9 Å². The van der Waals surface area contributed by atoms with Crippen LogP contribution in [0.1, 0.15) is 19.3 Å². The van der Waals surface area contributed by atoms with Gasteiger partial charge < -0.3 is 20.4 Å².